The number of benzene rings is 3. The van der Waals surface area contributed by atoms with Gasteiger partial charge in [-0.15, -0.1) is 0 Å². The number of carbonyl (C=O) groups is 3. The van der Waals surface area contributed by atoms with Crippen molar-refractivity contribution >= 4 is 40.8 Å². The Hall–Kier alpha value is -4.24. The molecule has 1 unspecified atom stereocenters. The Morgan fingerprint density at radius 1 is 0.861 bits per heavy atom. The van der Waals surface area contributed by atoms with E-state index < -0.39 is 18.0 Å². The lowest BCUT2D eigenvalue weighted by Gasteiger charge is -2.15. The van der Waals surface area contributed by atoms with Gasteiger partial charge in [0, 0.05) is 16.4 Å². The lowest BCUT2D eigenvalue weighted by molar-refractivity contribution is -0.123. The van der Waals surface area contributed by atoms with Crippen LogP contribution in [-0.2, 0) is 14.3 Å². The van der Waals surface area contributed by atoms with Gasteiger partial charge in [0.2, 0.25) is 0 Å². The maximum absolute atomic E-state index is 12.6. The number of amides is 2. The fourth-order valence-corrected chi connectivity index (χ4v) is 3.21. The fourth-order valence-electron chi connectivity index (χ4n) is 3.02. The monoisotopic (exact) mass is 512 g/mol. The minimum atomic E-state index is -1.07. The Bertz CT molecular complexity index is 1230. The number of anilines is 2. The van der Waals surface area contributed by atoms with Crippen LogP contribution >= 0.6 is 11.6 Å². The topological polar surface area (TPSA) is 112 Å². The smallest absolute Gasteiger partial charge is 0.339 e. The maximum Gasteiger partial charge on any atom is 0.339 e. The molecule has 2 N–H and O–H groups in total. The number of rotatable bonds is 10. The number of nitrogens with one attached hydrogen (secondary N) is 2. The summed E-state index contributed by atoms with van der Waals surface area (Å²) in [6.45, 7) is 1.17. The third-order valence-corrected chi connectivity index (χ3v) is 5.11. The molecular formula is C26H25ClN2O7. The first-order chi connectivity index (χ1) is 17.3. The van der Waals surface area contributed by atoms with E-state index in [4.69, 9.17) is 30.5 Å². The standard InChI is InChI=1S/C26H25ClN2O7/c1-16(25(31)29-20-6-4-5-18(27)14-20)36-26(32)17-7-12-22(23(13-17)34-3)35-15-24(30)28-19-8-10-21(33-2)11-9-19/h4-14,16H,15H2,1-3H3,(H,28,30)(H,29,31). The predicted octanol–water partition coefficient (Wildman–Crippen LogP) is 4.56. The summed E-state index contributed by atoms with van der Waals surface area (Å²) < 4.78 is 21.2. The zero-order chi connectivity index (χ0) is 26.1. The second-order valence-corrected chi connectivity index (χ2v) is 7.91. The first-order valence-corrected chi connectivity index (χ1v) is 11.2. The highest BCUT2D eigenvalue weighted by Gasteiger charge is 2.20. The summed E-state index contributed by atoms with van der Waals surface area (Å²) in [7, 11) is 2.95. The van der Waals surface area contributed by atoms with Crippen molar-refractivity contribution in [2.75, 3.05) is 31.5 Å². The SMILES string of the molecule is COc1ccc(NC(=O)COc2ccc(C(=O)OC(C)C(=O)Nc3cccc(Cl)c3)cc2OC)cc1. The van der Waals surface area contributed by atoms with Crippen molar-refractivity contribution in [1.29, 1.82) is 0 Å². The Labute approximate surface area is 213 Å². The van der Waals surface area contributed by atoms with Crippen molar-refractivity contribution in [3.05, 3.63) is 77.3 Å². The van der Waals surface area contributed by atoms with Crippen LogP contribution in [0.25, 0.3) is 0 Å². The molecule has 2 amide bonds. The first-order valence-electron chi connectivity index (χ1n) is 10.8. The largest absolute Gasteiger partial charge is 0.497 e. The van der Waals surface area contributed by atoms with Crippen LogP contribution in [-0.4, -0.2) is 44.7 Å². The van der Waals surface area contributed by atoms with Gasteiger partial charge < -0.3 is 29.6 Å². The summed E-state index contributed by atoms with van der Waals surface area (Å²) in [5, 5.41) is 5.80. The average Bonchev–Trinajstić information content (AvgIpc) is 2.87. The van der Waals surface area contributed by atoms with Gasteiger partial charge in [0.25, 0.3) is 11.8 Å². The second kappa shape index (κ2) is 12.5. The third kappa shape index (κ3) is 7.38. The molecule has 3 rings (SSSR count). The van der Waals surface area contributed by atoms with Gasteiger partial charge in [0.15, 0.2) is 24.2 Å². The van der Waals surface area contributed by atoms with E-state index in [0.717, 1.165) is 0 Å². The first kappa shape index (κ1) is 26.4. The molecule has 9 nitrogen and oxygen atoms in total. The Morgan fingerprint density at radius 3 is 2.28 bits per heavy atom. The molecule has 0 spiro atoms. The summed E-state index contributed by atoms with van der Waals surface area (Å²) in [5.74, 6) is -0.483. The van der Waals surface area contributed by atoms with Crippen LogP contribution in [0.2, 0.25) is 5.02 Å². The number of methoxy groups -OCH3 is 2. The molecule has 0 aliphatic carbocycles. The molecule has 188 valence electrons. The van der Waals surface area contributed by atoms with E-state index in [1.54, 1.807) is 55.6 Å². The maximum atomic E-state index is 12.6. The molecule has 0 heterocycles. The van der Waals surface area contributed by atoms with E-state index >= 15 is 0 Å². The van der Waals surface area contributed by atoms with Crippen LogP contribution in [0.3, 0.4) is 0 Å². The Morgan fingerprint density at radius 2 is 1.61 bits per heavy atom. The molecule has 0 saturated carbocycles. The summed E-state index contributed by atoms with van der Waals surface area (Å²) in [5.41, 5.74) is 1.21. The quantitative estimate of drug-likeness (QED) is 0.383. The number of ether oxygens (including phenoxy) is 4. The van der Waals surface area contributed by atoms with E-state index in [1.807, 2.05) is 0 Å². The molecular weight excluding hydrogens is 488 g/mol. The van der Waals surface area contributed by atoms with Crippen LogP contribution in [0.15, 0.2) is 66.7 Å². The molecule has 1 atom stereocenters. The summed E-state index contributed by atoms with van der Waals surface area (Å²) in [6, 6.07) is 17.8. The minimum absolute atomic E-state index is 0.143. The highest BCUT2D eigenvalue weighted by Crippen LogP contribution is 2.28. The van der Waals surface area contributed by atoms with E-state index in [2.05, 4.69) is 10.6 Å². The van der Waals surface area contributed by atoms with E-state index in [-0.39, 0.29) is 29.6 Å². The van der Waals surface area contributed by atoms with E-state index in [0.29, 0.717) is 22.1 Å². The number of hydrogen-bond acceptors (Lipinski definition) is 7. The Balaban J connectivity index is 1.56. The predicted molar refractivity (Wildman–Crippen MR) is 135 cm³/mol. The third-order valence-electron chi connectivity index (χ3n) is 4.88. The lowest BCUT2D eigenvalue weighted by Crippen LogP contribution is -2.30. The van der Waals surface area contributed by atoms with Crippen LogP contribution in [0.4, 0.5) is 11.4 Å². The minimum Gasteiger partial charge on any atom is -0.497 e. The average molecular weight is 513 g/mol. The zero-order valence-electron chi connectivity index (χ0n) is 19.9. The number of halogens is 1. The molecule has 3 aromatic carbocycles. The van der Waals surface area contributed by atoms with Crippen molar-refractivity contribution in [1.82, 2.24) is 0 Å². The molecule has 0 fully saturated rings. The Kier molecular flexibility index (Phi) is 9.13. The van der Waals surface area contributed by atoms with Crippen molar-refractivity contribution in [3.8, 4) is 17.2 Å². The van der Waals surface area contributed by atoms with Crippen molar-refractivity contribution in [2.45, 2.75) is 13.0 Å². The van der Waals surface area contributed by atoms with E-state index in [9.17, 15) is 14.4 Å². The molecule has 36 heavy (non-hydrogen) atoms. The molecule has 0 aliphatic rings. The van der Waals surface area contributed by atoms with Crippen LogP contribution < -0.4 is 24.8 Å². The highest BCUT2D eigenvalue weighted by atomic mass is 35.5. The fraction of sp³-hybridized carbons (Fsp3) is 0.192. The van der Waals surface area contributed by atoms with Gasteiger partial charge in [-0.3, -0.25) is 9.59 Å². The molecule has 0 aromatic heterocycles. The number of esters is 1. The zero-order valence-corrected chi connectivity index (χ0v) is 20.6. The molecule has 0 radical (unpaired) electrons. The van der Waals surface area contributed by atoms with E-state index in [1.165, 1.54) is 32.2 Å². The summed E-state index contributed by atoms with van der Waals surface area (Å²) in [6.07, 6.45) is -1.07. The highest BCUT2D eigenvalue weighted by molar-refractivity contribution is 6.30. The second-order valence-electron chi connectivity index (χ2n) is 7.48. The molecule has 0 aliphatic heterocycles. The number of carbonyl (C=O) groups excluding carboxylic acids is 3. The van der Waals surface area contributed by atoms with Gasteiger partial charge in [-0.25, -0.2) is 4.79 Å². The van der Waals surface area contributed by atoms with Crippen molar-refractivity contribution in [2.24, 2.45) is 0 Å². The number of hydrogen-bond donors (Lipinski definition) is 2. The van der Waals surface area contributed by atoms with Gasteiger partial charge in [0.05, 0.1) is 19.8 Å². The summed E-state index contributed by atoms with van der Waals surface area (Å²) in [4.78, 5) is 37.1. The summed E-state index contributed by atoms with van der Waals surface area (Å²) >= 11 is 5.91. The van der Waals surface area contributed by atoms with Crippen molar-refractivity contribution in [3.63, 3.8) is 0 Å². The lowest BCUT2D eigenvalue weighted by atomic mass is 10.2. The normalized spacial score (nSPS) is 11.1. The van der Waals surface area contributed by atoms with Crippen molar-refractivity contribution < 1.29 is 33.3 Å². The van der Waals surface area contributed by atoms with Crippen LogP contribution in [0.5, 0.6) is 17.2 Å². The van der Waals surface area contributed by atoms with Gasteiger partial charge >= 0.3 is 5.97 Å². The van der Waals surface area contributed by atoms with Gasteiger partial charge in [-0.1, -0.05) is 17.7 Å². The van der Waals surface area contributed by atoms with Gasteiger partial charge in [-0.05, 0) is 67.6 Å². The van der Waals surface area contributed by atoms with Crippen LogP contribution in [0.1, 0.15) is 17.3 Å². The molecule has 10 heteroatoms. The molecule has 3 aromatic rings. The molecule has 0 bridgehead atoms. The van der Waals surface area contributed by atoms with Gasteiger partial charge in [0.1, 0.15) is 5.75 Å². The molecule has 0 saturated heterocycles. The van der Waals surface area contributed by atoms with Crippen LogP contribution in [0, 0.1) is 0 Å². The van der Waals surface area contributed by atoms with Gasteiger partial charge in [-0.2, -0.15) is 0 Å².